The third-order valence-corrected chi connectivity index (χ3v) is 20.7. The molecular formula is C25H48O4Si3. The van der Waals surface area contributed by atoms with Crippen LogP contribution in [0.3, 0.4) is 0 Å². The van der Waals surface area contributed by atoms with Gasteiger partial charge in [-0.25, -0.2) is 0 Å². The number of hydrogen-bond donors (Lipinski definition) is 0. The van der Waals surface area contributed by atoms with Crippen molar-refractivity contribution in [1.82, 2.24) is 0 Å². The van der Waals surface area contributed by atoms with Crippen molar-refractivity contribution in [3.63, 3.8) is 0 Å². The van der Waals surface area contributed by atoms with Gasteiger partial charge in [-0.05, 0) is 66.5 Å². The van der Waals surface area contributed by atoms with Crippen LogP contribution >= 0.6 is 0 Å². The summed E-state index contributed by atoms with van der Waals surface area (Å²) in [4.78, 5) is 12.1. The van der Waals surface area contributed by atoms with E-state index in [-0.39, 0.29) is 15.1 Å². The Morgan fingerprint density at radius 1 is 0.594 bits per heavy atom. The van der Waals surface area contributed by atoms with Gasteiger partial charge in [0.25, 0.3) is 25.0 Å². The van der Waals surface area contributed by atoms with Crippen LogP contribution in [0.2, 0.25) is 54.4 Å². The van der Waals surface area contributed by atoms with Gasteiger partial charge in [0.15, 0.2) is 17.8 Å². The molecule has 0 saturated carbocycles. The Balaban J connectivity index is 3.84. The van der Waals surface area contributed by atoms with Crippen molar-refractivity contribution in [2.45, 2.75) is 117 Å². The van der Waals surface area contributed by atoms with Crippen molar-refractivity contribution < 1.29 is 18.1 Å². The number of hydrogen-bond acceptors (Lipinski definition) is 4. The molecule has 32 heavy (non-hydrogen) atoms. The molecule has 0 amide bonds. The van der Waals surface area contributed by atoms with Crippen molar-refractivity contribution >= 4 is 31.2 Å². The van der Waals surface area contributed by atoms with Crippen molar-refractivity contribution in [3.05, 3.63) is 17.7 Å². The number of benzene rings is 1. The number of rotatable bonds is 7. The molecule has 1 aromatic rings. The first kappa shape index (κ1) is 29.0. The van der Waals surface area contributed by atoms with E-state index in [4.69, 9.17) is 13.3 Å². The number of carbonyl (C=O) groups is 1. The van der Waals surface area contributed by atoms with E-state index in [1.165, 1.54) is 0 Å². The lowest BCUT2D eigenvalue weighted by molar-refractivity contribution is 0.112. The minimum Gasteiger partial charge on any atom is -0.541 e. The summed E-state index contributed by atoms with van der Waals surface area (Å²) in [7, 11) is -6.60. The van der Waals surface area contributed by atoms with E-state index >= 15 is 0 Å². The SMILES string of the molecule is CC(C)(C)[Si](C)(C)Oc1ccc(C=O)c(O[Si](C)(C)C(C)(C)C)c1O[Si](C)(C)C(C)(C)C. The average Bonchev–Trinajstić information content (AvgIpc) is 2.54. The number of aldehydes is 1. The first-order chi connectivity index (χ1) is 14.0. The molecule has 0 heterocycles. The van der Waals surface area contributed by atoms with Crippen molar-refractivity contribution in [2.75, 3.05) is 0 Å². The van der Waals surface area contributed by atoms with Gasteiger partial charge in [0.1, 0.15) is 5.75 Å². The molecule has 0 aliphatic rings. The van der Waals surface area contributed by atoms with E-state index in [0.29, 0.717) is 22.8 Å². The van der Waals surface area contributed by atoms with E-state index in [0.717, 1.165) is 6.29 Å². The molecule has 4 nitrogen and oxygen atoms in total. The molecule has 7 heteroatoms. The topological polar surface area (TPSA) is 44.8 Å². The fourth-order valence-electron chi connectivity index (χ4n) is 2.18. The van der Waals surface area contributed by atoms with Crippen LogP contribution < -0.4 is 13.3 Å². The monoisotopic (exact) mass is 496 g/mol. The summed E-state index contributed by atoms with van der Waals surface area (Å²) < 4.78 is 20.4. The van der Waals surface area contributed by atoms with Gasteiger partial charge in [0.05, 0.1) is 5.56 Å². The van der Waals surface area contributed by atoms with Crippen molar-refractivity contribution in [1.29, 1.82) is 0 Å². The maximum Gasteiger partial charge on any atom is 0.250 e. The molecule has 0 aliphatic carbocycles. The maximum atomic E-state index is 12.1. The summed E-state index contributed by atoms with van der Waals surface area (Å²) in [5.74, 6) is 1.85. The number of carbonyl (C=O) groups excluding carboxylic acids is 1. The molecule has 0 unspecified atom stereocenters. The summed E-state index contributed by atoms with van der Waals surface area (Å²) in [6, 6.07) is 3.71. The molecule has 1 rings (SSSR count). The van der Waals surface area contributed by atoms with Gasteiger partial charge in [-0.15, -0.1) is 0 Å². The van der Waals surface area contributed by atoms with E-state index < -0.39 is 25.0 Å². The predicted molar refractivity (Wildman–Crippen MR) is 145 cm³/mol. The van der Waals surface area contributed by atoms with Gasteiger partial charge >= 0.3 is 0 Å². The Morgan fingerprint density at radius 2 is 0.938 bits per heavy atom. The smallest absolute Gasteiger partial charge is 0.250 e. The van der Waals surface area contributed by atoms with Crippen molar-refractivity contribution in [2.24, 2.45) is 0 Å². The zero-order valence-corrected chi connectivity index (χ0v) is 26.4. The van der Waals surface area contributed by atoms with Crippen LogP contribution in [-0.2, 0) is 0 Å². The molecule has 0 saturated heterocycles. The lowest BCUT2D eigenvalue weighted by atomic mass is 10.2. The Labute approximate surface area is 200 Å². The Kier molecular flexibility index (Phi) is 8.10. The third-order valence-electron chi connectivity index (χ3n) is 7.73. The fourth-order valence-corrected chi connectivity index (χ4v) is 5.23. The molecule has 1 aromatic carbocycles. The molecule has 0 bridgehead atoms. The Morgan fingerprint density at radius 3 is 1.28 bits per heavy atom. The lowest BCUT2D eigenvalue weighted by Gasteiger charge is -2.42. The third kappa shape index (κ3) is 6.29. The van der Waals surface area contributed by atoms with Gasteiger partial charge in [0.2, 0.25) is 0 Å². The zero-order chi connectivity index (χ0) is 25.6. The molecular weight excluding hydrogens is 449 g/mol. The zero-order valence-electron chi connectivity index (χ0n) is 23.4. The molecule has 0 fully saturated rings. The molecule has 0 radical (unpaired) electrons. The van der Waals surface area contributed by atoms with Crippen LogP contribution in [0.4, 0.5) is 0 Å². The summed E-state index contributed by atoms with van der Waals surface area (Å²) in [6.07, 6.45) is 0.872. The highest BCUT2D eigenvalue weighted by molar-refractivity contribution is 6.76. The molecule has 0 aliphatic heterocycles. The second kappa shape index (κ2) is 8.95. The highest BCUT2D eigenvalue weighted by atomic mass is 28.4. The Hall–Kier alpha value is -1.06. The summed E-state index contributed by atoms with van der Waals surface area (Å²) in [5, 5.41) is 0.00931. The van der Waals surface area contributed by atoms with Gasteiger partial charge < -0.3 is 13.3 Å². The van der Waals surface area contributed by atoms with E-state index in [9.17, 15) is 4.79 Å². The van der Waals surface area contributed by atoms with E-state index in [1.807, 2.05) is 12.1 Å². The van der Waals surface area contributed by atoms with Gasteiger partial charge in [-0.3, -0.25) is 4.79 Å². The highest BCUT2D eigenvalue weighted by Gasteiger charge is 2.45. The predicted octanol–water partition coefficient (Wildman–Crippen LogP) is 8.65. The minimum atomic E-state index is -2.23. The maximum absolute atomic E-state index is 12.1. The standard InChI is InChI=1S/C25H48O4Si3/c1-23(2,3)30(10,11)27-20-17-16-19(18-26)21(28-31(12,13)24(4,5)6)22(20)29-32(14,15)25(7,8)9/h16-18H,1-15H3. The quantitative estimate of drug-likeness (QED) is 0.280. The Bertz CT molecular complexity index is 823. The second-order valence-corrected chi connectivity index (χ2v) is 27.7. The molecule has 0 spiro atoms. The van der Waals surface area contributed by atoms with E-state index in [2.05, 4.69) is 102 Å². The van der Waals surface area contributed by atoms with Gasteiger partial charge in [-0.2, -0.15) is 0 Å². The van der Waals surface area contributed by atoms with Gasteiger partial charge in [0, 0.05) is 0 Å². The van der Waals surface area contributed by atoms with Crippen LogP contribution in [0.5, 0.6) is 17.2 Å². The highest BCUT2D eigenvalue weighted by Crippen LogP contribution is 2.50. The minimum absolute atomic E-state index is 0.00727. The summed E-state index contributed by atoms with van der Waals surface area (Å²) in [6.45, 7) is 33.2. The largest absolute Gasteiger partial charge is 0.541 e. The molecule has 0 atom stereocenters. The molecule has 184 valence electrons. The molecule has 0 aromatic heterocycles. The first-order valence-corrected chi connectivity index (χ1v) is 20.4. The van der Waals surface area contributed by atoms with Crippen LogP contribution in [0.25, 0.3) is 0 Å². The first-order valence-electron chi connectivity index (χ1n) is 11.7. The van der Waals surface area contributed by atoms with Crippen LogP contribution in [0.1, 0.15) is 72.7 Å². The van der Waals surface area contributed by atoms with Crippen molar-refractivity contribution in [3.8, 4) is 17.2 Å². The summed E-state index contributed by atoms with van der Waals surface area (Å²) in [5.41, 5.74) is 0.520. The van der Waals surface area contributed by atoms with Gasteiger partial charge in [-0.1, -0.05) is 62.3 Å². The van der Waals surface area contributed by atoms with Crippen LogP contribution in [-0.4, -0.2) is 31.2 Å². The van der Waals surface area contributed by atoms with Crippen LogP contribution in [0.15, 0.2) is 12.1 Å². The van der Waals surface area contributed by atoms with Crippen LogP contribution in [0, 0.1) is 0 Å². The fraction of sp³-hybridized carbons (Fsp3) is 0.720. The average molecular weight is 497 g/mol. The second-order valence-electron chi connectivity index (χ2n) is 13.5. The lowest BCUT2D eigenvalue weighted by Crippen LogP contribution is -2.47. The molecule has 0 N–H and O–H groups in total. The van der Waals surface area contributed by atoms with E-state index in [1.54, 1.807) is 0 Å². The normalized spacial score (nSPS) is 14.2. The summed E-state index contributed by atoms with van der Waals surface area (Å²) >= 11 is 0.